The first kappa shape index (κ1) is 27.9. The molecule has 0 unspecified atom stereocenters. The Morgan fingerprint density at radius 3 is 2.32 bits per heavy atom. The molecule has 206 valence electrons. The minimum absolute atomic E-state index is 0.0321. The van der Waals surface area contributed by atoms with Crippen LogP contribution in [0.3, 0.4) is 0 Å². The van der Waals surface area contributed by atoms with E-state index in [4.69, 9.17) is 21.7 Å². The molecule has 4 rings (SSSR count). The Labute approximate surface area is 224 Å². The monoisotopic (exact) mass is 552 g/mol. The van der Waals surface area contributed by atoms with Gasteiger partial charge in [-0.1, -0.05) is 12.2 Å². The zero-order valence-corrected chi connectivity index (χ0v) is 21.9. The highest BCUT2D eigenvalue weighted by Crippen LogP contribution is 2.38. The lowest BCUT2D eigenvalue weighted by molar-refractivity contribution is -0.388. The SMILES string of the molecule is COc1ccc(N2CCN(C(=S)COC3CCC(Nc4ccc([N+](=O)[O-])c(C(F)(F)F)c4)CC3)CC2)cc1. The highest BCUT2D eigenvalue weighted by Gasteiger charge is 2.38. The van der Waals surface area contributed by atoms with Gasteiger partial charge in [0.1, 0.15) is 16.3 Å². The summed E-state index contributed by atoms with van der Waals surface area (Å²) in [6, 6.07) is 11.0. The second-order valence-electron chi connectivity index (χ2n) is 9.48. The Bertz CT molecular complexity index is 1120. The summed E-state index contributed by atoms with van der Waals surface area (Å²) >= 11 is 5.63. The van der Waals surface area contributed by atoms with E-state index in [0.717, 1.165) is 80.4 Å². The van der Waals surface area contributed by atoms with Crippen LogP contribution in [0, 0.1) is 10.1 Å². The van der Waals surface area contributed by atoms with Crippen LogP contribution in [0.2, 0.25) is 0 Å². The molecule has 1 saturated carbocycles. The first-order valence-corrected chi connectivity index (χ1v) is 13.0. The third-order valence-corrected chi connectivity index (χ3v) is 7.43. The molecule has 2 aliphatic rings. The van der Waals surface area contributed by atoms with Crippen molar-refractivity contribution in [3.05, 3.63) is 58.1 Å². The van der Waals surface area contributed by atoms with Crippen LogP contribution < -0.4 is 15.0 Å². The lowest BCUT2D eigenvalue weighted by Gasteiger charge is -2.38. The van der Waals surface area contributed by atoms with Gasteiger partial charge in [-0.15, -0.1) is 0 Å². The van der Waals surface area contributed by atoms with E-state index in [2.05, 4.69) is 27.2 Å². The third kappa shape index (κ3) is 7.04. The predicted molar refractivity (Wildman–Crippen MR) is 143 cm³/mol. The van der Waals surface area contributed by atoms with E-state index in [0.29, 0.717) is 6.61 Å². The number of thiocarbonyl (C=S) groups is 1. The second-order valence-corrected chi connectivity index (χ2v) is 9.95. The highest BCUT2D eigenvalue weighted by atomic mass is 32.1. The zero-order chi connectivity index (χ0) is 27.3. The Morgan fingerprint density at radius 2 is 1.74 bits per heavy atom. The largest absolute Gasteiger partial charge is 0.497 e. The predicted octanol–water partition coefficient (Wildman–Crippen LogP) is 5.51. The van der Waals surface area contributed by atoms with Crippen molar-refractivity contribution in [1.82, 2.24) is 4.90 Å². The molecule has 0 atom stereocenters. The van der Waals surface area contributed by atoms with Crippen molar-refractivity contribution >= 4 is 34.3 Å². The molecule has 2 fully saturated rings. The van der Waals surface area contributed by atoms with E-state index < -0.39 is 22.4 Å². The molecule has 12 heteroatoms. The first-order chi connectivity index (χ1) is 18.1. The van der Waals surface area contributed by atoms with Crippen LogP contribution in [-0.4, -0.2) is 66.9 Å². The number of hydrogen-bond donors (Lipinski definition) is 1. The maximum absolute atomic E-state index is 13.3. The van der Waals surface area contributed by atoms with Gasteiger partial charge in [0.25, 0.3) is 5.69 Å². The summed E-state index contributed by atoms with van der Waals surface area (Å²) in [5.41, 5.74) is -0.815. The molecule has 0 bridgehead atoms. The van der Waals surface area contributed by atoms with Gasteiger partial charge in [0.2, 0.25) is 0 Å². The molecule has 38 heavy (non-hydrogen) atoms. The van der Waals surface area contributed by atoms with Crippen LogP contribution >= 0.6 is 12.2 Å². The van der Waals surface area contributed by atoms with Crippen molar-refractivity contribution in [2.45, 2.75) is 44.0 Å². The molecular weight excluding hydrogens is 521 g/mol. The molecule has 1 N–H and O–H groups in total. The van der Waals surface area contributed by atoms with Crippen LogP contribution in [0.15, 0.2) is 42.5 Å². The average molecular weight is 553 g/mol. The van der Waals surface area contributed by atoms with Crippen molar-refractivity contribution in [3.8, 4) is 5.75 Å². The molecule has 8 nitrogen and oxygen atoms in total. The van der Waals surface area contributed by atoms with Gasteiger partial charge in [0, 0.05) is 49.7 Å². The summed E-state index contributed by atoms with van der Waals surface area (Å²) in [4.78, 5) is 15.2. The van der Waals surface area contributed by atoms with E-state index in [9.17, 15) is 23.3 Å². The van der Waals surface area contributed by atoms with E-state index in [1.807, 2.05) is 12.1 Å². The zero-order valence-electron chi connectivity index (χ0n) is 21.1. The summed E-state index contributed by atoms with van der Waals surface area (Å²) in [6.45, 7) is 3.74. The van der Waals surface area contributed by atoms with E-state index in [1.165, 1.54) is 6.07 Å². The Hall–Kier alpha value is -3.12. The number of piperazine rings is 1. The second kappa shape index (κ2) is 12.2. The van der Waals surface area contributed by atoms with E-state index in [1.54, 1.807) is 7.11 Å². The minimum Gasteiger partial charge on any atom is -0.497 e. The molecule has 0 radical (unpaired) electrons. The summed E-state index contributed by atoms with van der Waals surface area (Å²) in [7, 11) is 1.65. The fourth-order valence-corrected chi connectivity index (χ4v) is 5.16. The van der Waals surface area contributed by atoms with Crippen LogP contribution in [-0.2, 0) is 10.9 Å². The fourth-order valence-electron chi connectivity index (χ4n) is 4.91. The number of ether oxygens (including phenoxy) is 2. The molecule has 2 aromatic rings. The van der Waals surface area contributed by atoms with Gasteiger partial charge in [-0.2, -0.15) is 13.2 Å². The summed E-state index contributed by atoms with van der Waals surface area (Å²) in [5, 5.41) is 14.1. The molecule has 0 aromatic heterocycles. The lowest BCUT2D eigenvalue weighted by Crippen LogP contribution is -2.49. The number of halogens is 3. The number of nitro benzene ring substituents is 1. The van der Waals surface area contributed by atoms with Crippen LogP contribution in [0.1, 0.15) is 31.2 Å². The number of alkyl halides is 3. The quantitative estimate of drug-likeness (QED) is 0.261. The molecule has 1 aliphatic carbocycles. The van der Waals surface area contributed by atoms with Gasteiger partial charge < -0.3 is 24.6 Å². The number of benzene rings is 2. The number of methoxy groups -OCH3 is 1. The molecule has 0 spiro atoms. The summed E-state index contributed by atoms with van der Waals surface area (Å²) in [6.07, 6.45) is -1.82. The Kier molecular flexibility index (Phi) is 8.93. The molecule has 2 aromatic carbocycles. The molecule has 0 amide bonds. The molecule has 1 saturated heterocycles. The number of nitrogens with one attached hydrogen (secondary N) is 1. The molecule has 1 heterocycles. The summed E-state index contributed by atoms with van der Waals surface area (Å²) in [5.74, 6) is 0.831. The topological polar surface area (TPSA) is 80.1 Å². The van der Waals surface area contributed by atoms with Crippen molar-refractivity contribution in [2.75, 3.05) is 50.1 Å². The first-order valence-electron chi connectivity index (χ1n) is 12.5. The van der Waals surface area contributed by atoms with Crippen LogP contribution in [0.4, 0.5) is 30.2 Å². The normalized spacial score (nSPS) is 20.2. The van der Waals surface area contributed by atoms with Gasteiger partial charge in [-0.3, -0.25) is 10.1 Å². The number of nitro groups is 1. The van der Waals surface area contributed by atoms with E-state index in [-0.39, 0.29) is 17.8 Å². The minimum atomic E-state index is -4.80. The lowest BCUT2D eigenvalue weighted by atomic mass is 9.92. The number of nitrogens with zero attached hydrogens (tertiary/aromatic N) is 3. The number of rotatable bonds is 8. The highest BCUT2D eigenvalue weighted by molar-refractivity contribution is 7.80. The molecular formula is C26H31F3N4O4S. The number of hydrogen-bond acceptors (Lipinski definition) is 7. The van der Waals surface area contributed by atoms with Gasteiger partial charge >= 0.3 is 6.18 Å². The van der Waals surface area contributed by atoms with Gasteiger partial charge in [0.05, 0.1) is 24.7 Å². The maximum atomic E-state index is 13.3. The third-order valence-electron chi connectivity index (χ3n) is 7.06. The number of anilines is 2. The standard InChI is InChI=1S/C26H31F3N4O4S/c1-36-21-9-5-20(6-10-21)31-12-14-32(15-13-31)25(38)17-37-22-7-2-18(3-8-22)30-19-4-11-24(33(34)35)23(16-19)26(27,28)29/h4-6,9-11,16,18,22,30H,2-3,7-8,12-15,17H2,1H3. The van der Waals surface area contributed by atoms with Crippen LogP contribution in [0.25, 0.3) is 0 Å². The smallest absolute Gasteiger partial charge is 0.423 e. The van der Waals surface area contributed by atoms with Crippen molar-refractivity contribution in [3.63, 3.8) is 0 Å². The Balaban J connectivity index is 1.19. The van der Waals surface area contributed by atoms with Gasteiger partial charge in [-0.05, 0) is 62.1 Å². The van der Waals surface area contributed by atoms with Crippen molar-refractivity contribution < 1.29 is 27.6 Å². The van der Waals surface area contributed by atoms with Crippen molar-refractivity contribution in [2.24, 2.45) is 0 Å². The van der Waals surface area contributed by atoms with E-state index >= 15 is 0 Å². The van der Waals surface area contributed by atoms with Crippen LogP contribution in [0.5, 0.6) is 5.75 Å². The maximum Gasteiger partial charge on any atom is 0.423 e. The summed E-state index contributed by atoms with van der Waals surface area (Å²) < 4.78 is 51.1. The van der Waals surface area contributed by atoms with Gasteiger partial charge in [-0.25, -0.2) is 0 Å². The molecule has 1 aliphatic heterocycles. The van der Waals surface area contributed by atoms with Crippen molar-refractivity contribution in [1.29, 1.82) is 0 Å². The Morgan fingerprint density at radius 1 is 1.08 bits per heavy atom. The fraction of sp³-hybridized carbons (Fsp3) is 0.500. The average Bonchev–Trinajstić information content (AvgIpc) is 2.92. The van der Waals surface area contributed by atoms with Gasteiger partial charge in [0.15, 0.2) is 0 Å².